The van der Waals surface area contributed by atoms with Gasteiger partial charge in [-0.25, -0.2) is 9.18 Å². The Balaban J connectivity index is 1.50. The minimum atomic E-state index is -0.185. The molecule has 0 spiro atoms. The van der Waals surface area contributed by atoms with Gasteiger partial charge in [0.1, 0.15) is 11.6 Å². The first-order valence-corrected chi connectivity index (χ1v) is 7.90. The maximum Gasteiger partial charge on any atom is 0.322 e. The highest BCUT2D eigenvalue weighted by Gasteiger charge is 2.23. The Morgan fingerprint density at radius 3 is 2.78 bits per heavy atom. The summed E-state index contributed by atoms with van der Waals surface area (Å²) in [6.45, 7) is 1.45. The summed E-state index contributed by atoms with van der Waals surface area (Å²) in [7, 11) is 1.79. The summed E-state index contributed by atoms with van der Waals surface area (Å²) in [5.41, 5.74) is 1.03. The average Bonchev–Trinajstić information content (AvgIpc) is 2.93. The van der Waals surface area contributed by atoms with Gasteiger partial charge in [0.2, 0.25) is 0 Å². The van der Waals surface area contributed by atoms with Crippen molar-refractivity contribution in [1.29, 1.82) is 0 Å². The first kappa shape index (κ1) is 15.5. The third kappa shape index (κ3) is 3.88. The number of carbonyl (C=O) groups excluding carboxylic acids is 1. The van der Waals surface area contributed by atoms with Crippen molar-refractivity contribution in [1.82, 2.24) is 14.7 Å². The number of anilines is 1. The third-order valence-corrected chi connectivity index (χ3v) is 4.37. The van der Waals surface area contributed by atoms with E-state index in [9.17, 15) is 9.18 Å². The van der Waals surface area contributed by atoms with Crippen molar-refractivity contribution >= 4 is 11.8 Å². The average molecular weight is 316 g/mol. The van der Waals surface area contributed by atoms with E-state index in [1.165, 1.54) is 6.07 Å². The second kappa shape index (κ2) is 6.81. The molecule has 1 aliphatic rings. The van der Waals surface area contributed by atoms with Crippen LogP contribution in [-0.4, -0.2) is 33.8 Å². The maximum absolute atomic E-state index is 13.2. The zero-order valence-corrected chi connectivity index (χ0v) is 13.2. The normalized spacial score (nSPS) is 15.7. The number of aromatic nitrogens is 2. The van der Waals surface area contributed by atoms with E-state index in [0.29, 0.717) is 11.7 Å². The molecule has 1 N–H and O–H groups in total. The highest BCUT2D eigenvalue weighted by atomic mass is 19.1. The molecule has 1 aromatic carbocycles. The number of hydrogen-bond donors (Lipinski definition) is 1. The van der Waals surface area contributed by atoms with Crippen LogP contribution in [0.2, 0.25) is 0 Å². The highest BCUT2D eigenvalue weighted by Crippen LogP contribution is 2.22. The van der Waals surface area contributed by atoms with Crippen LogP contribution in [-0.2, 0) is 13.5 Å². The van der Waals surface area contributed by atoms with Crippen LogP contribution in [0, 0.1) is 11.7 Å². The number of urea groups is 1. The molecular formula is C17H21FN4O. The molecule has 0 atom stereocenters. The first-order chi connectivity index (χ1) is 11.1. The largest absolute Gasteiger partial charge is 0.324 e. The lowest BCUT2D eigenvalue weighted by Gasteiger charge is -2.32. The van der Waals surface area contributed by atoms with E-state index in [4.69, 9.17) is 0 Å². The lowest BCUT2D eigenvalue weighted by Crippen LogP contribution is -2.41. The number of hydrogen-bond acceptors (Lipinski definition) is 2. The lowest BCUT2D eigenvalue weighted by molar-refractivity contribution is 0.182. The first-order valence-electron chi connectivity index (χ1n) is 7.90. The van der Waals surface area contributed by atoms with Gasteiger partial charge in [0.15, 0.2) is 0 Å². The van der Waals surface area contributed by atoms with Crippen LogP contribution in [0.5, 0.6) is 0 Å². The summed E-state index contributed by atoms with van der Waals surface area (Å²) in [6.07, 6.45) is 4.40. The molecule has 6 heteroatoms. The third-order valence-electron chi connectivity index (χ3n) is 4.37. The van der Waals surface area contributed by atoms with Gasteiger partial charge in [-0.1, -0.05) is 12.1 Å². The summed E-state index contributed by atoms with van der Waals surface area (Å²) in [6, 6.07) is 8.47. The number of nitrogens with one attached hydrogen (secondary N) is 1. The van der Waals surface area contributed by atoms with E-state index in [1.807, 2.05) is 11.0 Å². The van der Waals surface area contributed by atoms with Crippen LogP contribution in [0.15, 0.2) is 36.5 Å². The second-order valence-corrected chi connectivity index (χ2v) is 6.03. The molecule has 23 heavy (non-hydrogen) atoms. The van der Waals surface area contributed by atoms with Gasteiger partial charge in [0.05, 0.1) is 6.20 Å². The van der Waals surface area contributed by atoms with Gasteiger partial charge < -0.3 is 4.90 Å². The molecule has 0 radical (unpaired) electrons. The van der Waals surface area contributed by atoms with Crippen molar-refractivity contribution in [2.45, 2.75) is 19.3 Å². The fourth-order valence-corrected chi connectivity index (χ4v) is 3.02. The standard InChI is InChI=1S/C17H21FN4O/c1-21-16(5-8-19-21)20-17(23)22-9-6-13(7-10-22)11-14-3-2-4-15(18)12-14/h2-5,8,12-13H,6-7,9-11H2,1H3,(H,20,23). The molecule has 1 saturated heterocycles. The molecule has 0 bridgehead atoms. The molecule has 122 valence electrons. The maximum atomic E-state index is 13.2. The van der Waals surface area contributed by atoms with Crippen LogP contribution in [0.25, 0.3) is 0 Å². The van der Waals surface area contributed by atoms with Gasteiger partial charge in [-0.05, 0) is 42.9 Å². The van der Waals surface area contributed by atoms with Crippen molar-refractivity contribution in [3.05, 3.63) is 47.9 Å². The molecule has 1 aliphatic heterocycles. The van der Waals surface area contributed by atoms with Crippen LogP contribution >= 0.6 is 0 Å². The van der Waals surface area contributed by atoms with Crippen molar-refractivity contribution in [3.8, 4) is 0 Å². The number of piperidine rings is 1. The van der Waals surface area contributed by atoms with Gasteiger partial charge in [-0.15, -0.1) is 0 Å². The molecule has 3 rings (SSSR count). The minimum absolute atomic E-state index is 0.0854. The quantitative estimate of drug-likeness (QED) is 0.946. The van der Waals surface area contributed by atoms with Crippen LogP contribution < -0.4 is 5.32 Å². The van der Waals surface area contributed by atoms with Gasteiger partial charge in [0, 0.05) is 26.2 Å². The monoisotopic (exact) mass is 316 g/mol. The lowest BCUT2D eigenvalue weighted by atomic mass is 9.90. The number of benzene rings is 1. The second-order valence-electron chi connectivity index (χ2n) is 6.03. The van der Waals surface area contributed by atoms with Crippen LogP contribution in [0.4, 0.5) is 15.0 Å². The Morgan fingerprint density at radius 1 is 1.35 bits per heavy atom. The SMILES string of the molecule is Cn1nccc1NC(=O)N1CCC(Cc2cccc(F)c2)CC1. The molecule has 1 aromatic heterocycles. The number of rotatable bonds is 3. The van der Waals surface area contributed by atoms with E-state index in [1.54, 1.807) is 36.1 Å². The molecule has 1 fully saturated rings. The Hall–Kier alpha value is -2.37. The molecule has 5 nitrogen and oxygen atoms in total. The zero-order chi connectivity index (χ0) is 16.2. The summed E-state index contributed by atoms with van der Waals surface area (Å²) in [4.78, 5) is 14.1. The predicted molar refractivity (Wildman–Crippen MR) is 86.6 cm³/mol. The molecule has 2 heterocycles. The topological polar surface area (TPSA) is 50.2 Å². The summed E-state index contributed by atoms with van der Waals surface area (Å²) in [5.74, 6) is 1.00. The molecule has 0 unspecified atom stereocenters. The number of carbonyl (C=O) groups is 1. The number of nitrogens with zero attached hydrogens (tertiary/aromatic N) is 3. The summed E-state index contributed by atoms with van der Waals surface area (Å²) < 4.78 is 14.9. The molecular weight excluding hydrogens is 295 g/mol. The number of aryl methyl sites for hydroxylation is 1. The smallest absolute Gasteiger partial charge is 0.322 e. The summed E-state index contributed by atoms with van der Waals surface area (Å²) in [5, 5.41) is 6.90. The Bertz CT molecular complexity index is 677. The van der Waals surface area contributed by atoms with Crippen molar-refractivity contribution in [2.24, 2.45) is 13.0 Å². The number of likely N-dealkylation sites (tertiary alicyclic amines) is 1. The molecule has 0 aliphatic carbocycles. The van der Waals surface area contributed by atoms with E-state index < -0.39 is 0 Å². The Labute approximate surface area is 135 Å². The van der Waals surface area contributed by atoms with Crippen molar-refractivity contribution in [3.63, 3.8) is 0 Å². The van der Waals surface area contributed by atoms with Gasteiger partial charge >= 0.3 is 6.03 Å². The predicted octanol–water partition coefficient (Wildman–Crippen LogP) is 3.05. The van der Waals surface area contributed by atoms with E-state index in [-0.39, 0.29) is 11.8 Å². The van der Waals surface area contributed by atoms with Gasteiger partial charge in [0.25, 0.3) is 0 Å². The molecule has 0 saturated carbocycles. The minimum Gasteiger partial charge on any atom is -0.324 e. The number of halogens is 1. The fraction of sp³-hybridized carbons (Fsp3) is 0.412. The highest BCUT2D eigenvalue weighted by molar-refractivity contribution is 5.88. The van der Waals surface area contributed by atoms with Gasteiger partial charge in [-0.2, -0.15) is 5.10 Å². The Kier molecular flexibility index (Phi) is 4.60. The van der Waals surface area contributed by atoms with Crippen LogP contribution in [0.1, 0.15) is 18.4 Å². The van der Waals surface area contributed by atoms with E-state index >= 15 is 0 Å². The van der Waals surface area contributed by atoms with Gasteiger partial charge in [-0.3, -0.25) is 10.00 Å². The summed E-state index contributed by atoms with van der Waals surface area (Å²) >= 11 is 0. The molecule has 2 aromatic rings. The number of amides is 2. The van der Waals surface area contributed by atoms with Crippen molar-refractivity contribution < 1.29 is 9.18 Å². The zero-order valence-electron chi connectivity index (χ0n) is 13.2. The van der Waals surface area contributed by atoms with Crippen molar-refractivity contribution in [2.75, 3.05) is 18.4 Å². The van der Waals surface area contributed by atoms with Crippen LogP contribution in [0.3, 0.4) is 0 Å². The molecule has 2 amide bonds. The van der Waals surface area contributed by atoms with E-state index in [2.05, 4.69) is 10.4 Å². The Morgan fingerprint density at radius 2 is 2.13 bits per heavy atom. The van der Waals surface area contributed by atoms with E-state index in [0.717, 1.165) is 37.9 Å². The fourth-order valence-electron chi connectivity index (χ4n) is 3.02.